The molecule has 0 amide bonds. The fourth-order valence-corrected chi connectivity index (χ4v) is 2.23. The zero-order chi connectivity index (χ0) is 15.0. The summed E-state index contributed by atoms with van der Waals surface area (Å²) in [5.41, 5.74) is 3.89. The molecule has 5 heteroatoms. The summed E-state index contributed by atoms with van der Waals surface area (Å²) in [5, 5.41) is 9.59. The highest BCUT2D eigenvalue weighted by molar-refractivity contribution is 5.82. The van der Waals surface area contributed by atoms with Gasteiger partial charge in [0.25, 0.3) is 0 Å². The zero-order valence-corrected chi connectivity index (χ0v) is 12.3. The molecule has 3 aromatic rings. The molecule has 21 heavy (non-hydrogen) atoms. The second-order valence-electron chi connectivity index (χ2n) is 5.33. The molecule has 2 N–H and O–H groups in total. The topological polar surface area (TPSA) is 65.0 Å². The molecule has 1 aromatic carbocycles. The predicted molar refractivity (Wildman–Crippen MR) is 84.3 cm³/mol. The van der Waals surface area contributed by atoms with E-state index in [1.165, 1.54) is 0 Å². The molecule has 0 spiro atoms. The van der Waals surface area contributed by atoms with Crippen LogP contribution in [0.25, 0.3) is 22.2 Å². The van der Waals surface area contributed by atoms with E-state index >= 15 is 0 Å². The van der Waals surface area contributed by atoms with E-state index in [1.807, 2.05) is 49.5 Å². The summed E-state index contributed by atoms with van der Waals surface area (Å²) < 4.78 is 0. The third-order valence-electron chi connectivity index (χ3n) is 3.44. The van der Waals surface area contributed by atoms with Crippen molar-refractivity contribution in [1.29, 1.82) is 0 Å². The van der Waals surface area contributed by atoms with Crippen LogP contribution < -0.4 is 4.90 Å². The molecule has 3 rings (SSSR count). The molecule has 5 nitrogen and oxygen atoms in total. The number of benzene rings is 1. The van der Waals surface area contributed by atoms with E-state index in [1.54, 1.807) is 6.92 Å². The molecule has 0 saturated heterocycles. The normalized spacial score (nSPS) is 12.6. The number of anilines is 1. The molecule has 2 aromatic heterocycles. The zero-order valence-electron chi connectivity index (χ0n) is 12.3. The van der Waals surface area contributed by atoms with Crippen LogP contribution in [0.15, 0.2) is 36.5 Å². The molecule has 2 heterocycles. The lowest BCUT2D eigenvalue weighted by Crippen LogP contribution is -2.09. The summed E-state index contributed by atoms with van der Waals surface area (Å²) >= 11 is 0. The number of nitrogens with zero attached hydrogens (tertiary/aromatic N) is 3. The van der Waals surface area contributed by atoms with Crippen molar-refractivity contribution >= 4 is 16.9 Å². The Morgan fingerprint density at radius 3 is 2.52 bits per heavy atom. The average Bonchev–Trinajstić information content (AvgIpc) is 2.90. The van der Waals surface area contributed by atoms with Crippen molar-refractivity contribution in [3.8, 4) is 11.1 Å². The van der Waals surface area contributed by atoms with Crippen LogP contribution in [0.5, 0.6) is 0 Å². The minimum atomic E-state index is -0.595. The van der Waals surface area contributed by atoms with Gasteiger partial charge in [0.05, 0.1) is 11.0 Å². The summed E-state index contributed by atoms with van der Waals surface area (Å²) in [4.78, 5) is 13.9. The molecule has 1 atom stereocenters. The van der Waals surface area contributed by atoms with Crippen molar-refractivity contribution in [2.45, 2.75) is 13.0 Å². The van der Waals surface area contributed by atoms with E-state index in [-0.39, 0.29) is 0 Å². The van der Waals surface area contributed by atoms with Gasteiger partial charge in [0.1, 0.15) is 17.7 Å². The van der Waals surface area contributed by atoms with Crippen LogP contribution in [0.1, 0.15) is 18.9 Å². The van der Waals surface area contributed by atoms with Gasteiger partial charge in [-0.2, -0.15) is 0 Å². The van der Waals surface area contributed by atoms with Crippen molar-refractivity contribution in [3.05, 3.63) is 42.4 Å². The van der Waals surface area contributed by atoms with Gasteiger partial charge >= 0.3 is 0 Å². The fourth-order valence-electron chi connectivity index (χ4n) is 2.23. The quantitative estimate of drug-likeness (QED) is 0.775. The summed E-state index contributed by atoms with van der Waals surface area (Å²) in [6.45, 7) is 1.70. The minimum Gasteiger partial charge on any atom is -0.385 e. The molecule has 108 valence electrons. The lowest BCUT2D eigenvalue weighted by molar-refractivity contribution is 0.190. The monoisotopic (exact) mass is 282 g/mol. The maximum absolute atomic E-state index is 9.59. The van der Waals surface area contributed by atoms with E-state index in [9.17, 15) is 5.11 Å². The van der Waals surface area contributed by atoms with E-state index in [0.717, 1.165) is 28.0 Å². The maximum atomic E-state index is 9.59. The Bertz CT molecular complexity index is 760. The molecule has 0 fully saturated rings. The first-order chi connectivity index (χ1) is 10.0. The van der Waals surface area contributed by atoms with Crippen LogP contribution in [-0.2, 0) is 0 Å². The summed E-state index contributed by atoms with van der Waals surface area (Å²) in [7, 11) is 3.94. The first kappa shape index (κ1) is 13.6. The minimum absolute atomic E-state index is 0.586. The third-order valence-corrected chi connectivity index (χ3v) is 3.44. The van der Waals surface area contributed by atoms with Gasteiger partial charge in [0.2, 0.25) is 0 Å². The van der Waals surface area contributed by atoms with Gasteiger partial charge in [-0.15, -0.1) is 0 Å². The highest BCUT2D eigenvalue weighted by Gasteiger charge is 2.09. The first-order valence-corrected chi connectivity index (χ1v) is 6.86. The highest BCUT2D eigenvalue weighted by atomic mass is 16.3. The number of nitrogens with one attached hydrogen (secondary N) is 1. The largest absolute Gasteiger partial charge is 0.385 e. The average molecular weight is 282 g/mol. The van der Waals surface area contributed by atoms with Crippen molar-refractivity contribution < 1.29 is 5.11 Å². The number of H-pyrrole nitrogens is 1. The standard InChI is InChI=1S/C16H18N4O/c1-10(21)16-18-13-6-4-11(8-14(13)19-16)12-5-7-15(17-9-12)20(2)3/h4-10,21H,1-3H3,(H,18,19)/t10-/m1/s1. The van der Waals surface area contributed by atoms with Crippen molar-refractivity contribution in [1.82, 2.24) is 15.0 Å². The van der Waals surface area contributed by atoms with Crippen LogP contribution in [0.3, 0.4) is 0 Å². The number of pyridine rings is 1. The number of hydrogen-bond acceptors (Lipinski definition) is 4. The molecular formula is C16H18N4O. The molecular weight excluding hydrogens is 264 g/mol. The Labute approximate surface area is 123 Å². The Hall–Kier alpha value is -2.40. The van der Waals surface area contributed by atoms with E-state index in [0.29, 0.717) is 5.82 Å². The number of aromatic nitrogens is 3. The Morgan fingerprint density at radius 1 is 1.14 bits per heavy atom. The number of imidazole rings is 1. The van der Waals surface area contributed by atoms with E-state index in [4.69, 9.17) is 0 Å². The van der Waals surface area contributed by atoms with Gasteiger partial charge in [0.15, 0.2) is 0 Å². The van der Waals surface area contributed by atoms with Gasteiger partial charge in [-0.1, -0.05) is 6.07 Å². The Morgan fingerprint density at radius 2 is 1.90 bits per heavy atom. The molecule has 0 saturated carbocycles. The Balaban J connectivity index is 2.00. The van der Waals surface area contributed by atoms with Gasteiger partial charge in [-0.25, -0.2) is 9.97 Å². The number of hydrogen-bond donors (Lipinski definition) is 2. The molecule has 0 bridgehead atoms. The van der Waals surface area contributed by atoms with E-state index < -0.39 is 6.10 Å². The van der Waals surface area contributed by atoms with Gasteiger partial charge in [-0.3, -0.25) is 0 Å². The van der Waals surface area contributed by atoms with Crippen molar-refractivity contribution in [2.75, 3.05) is 19.0 Å². The highest BCUT2D eigenvalue weighted by Crippen LogP contribution is 2.25. The maximum Gasteiger partial charge on any atom is 0.135 e. The molecule has 0 radical (unpaired) electrons. The van der Waals surface area contributed by atoms with Crippen LogP contribution >= 0.6 is 0 Å². The predicted octanol–water partition coefficient (Wildman–Crippen LogP) is 2.74. The Kier molecular flexibility index (Phi) is 3.35. The van der Waals surface area contributed by atoms with E-state index in [2.05, 4.69) is 21.0 Å². The van der Waals surface area contributed by atoms with Crippen LogP contribution in [0, 0.1) is 0 Å². The summed E-state index contributed by atoms with van der Waals surface area (Å²) in [5.74, 6) is 1.51. The van der Waals surface area contributed by atoms with Gasteiger partial charge in [0, 0.05) is 25.9 Å². The first-order valence-electron chi connectivity index (χ1n) is 6.86. The number of aromatic amines is 1. The van der Waals surface area contributed by atoms with Gasteiger partial charge in [-0.05, 0) is 36.8 Å². The van der Waals surface area contributed by atoms with Crippen molar-refractivity contribution in [2.24, 2.45) is 0 Å². The van der Waals surface area contributed by atoms with Crippen LogP contribution in [0.4, 0.5) is 5.82 Å². The molecule has 0 unspecified atom stereocenters. The third kappa shape index (κ3) is 2.60. The van der Waals surface area contributed by atoms with Gasteiger partial charge < -0.3 is 15.0 Å². The number of aliphatic hydroxyl groups is 1. The lowest BCUT2D eigenvalue weighted by Gasteiger charge is -2.11. The number of fused-ring (bicyclic) bond motifs is 1. The lowest BCUT2D eigenvalue weighted by atomic mass is 10.1. The number of rotatable bonds is 3. The van der Waals surface area contributed by atoms with Crippen LogP contribution in [0.2, 0.25) is 0 Å². The molecule has 0 aliphatic carbocycles. The summed E-state index contributed by atoms with van der Waals surface area (Å²) in [6, 6.07) is 10.0. The second-order valence-corrected chi connectivity index (χ2v) is 5.33. The second kappa shape index (κ2) is 5.18. The fraction of sp³-hybridized carbons (Fsp3) is 0.250. The smallest absolute Gasteiger partial charge is 0.135 e. The van der Waals surface area contributed by atoms with Crippen LogP contribution in [-0.4, -0.2) is 34.2 Å². The molecule has 0 aliphatic rings. The molecule has 0 aliphatic heterocycles. The number of aliphatic hydroxyl groups excluding tert-OH is 1. The van der Waals surface area contributed by atoms with Crippen molar-refractivity contribution in [3.63, 3.8) is 0 Å². The summed E-state index contributed by atoms with van der Waals surface area (Å²) in [6.07, 6.45) is 1.27. The SMILES string of the molecule is C[C@@H](O)c1nc2ccc(-c3ccc(N(C)C)nc3)cc2[nH]1.